The average Bonchev–Trinajstić information content (AvgIpc) is 2.82. The van der Waals surface area contributed by atoms with Crippen molar-refractivity contribution in [3.8, 4) is 10.7 Å². The van der Waals surface area contributed by atoms with Crippen molar-refractivity contribution < 1.29 is 4.52 Å². The van der Waals surface area contributed by atoms with Crippen molar-refractivity contribution in [2.24, 2.45) is 5.73 Å². The standard InChI is InChI=1S/C10H10BrN3OS/c11-6-4-7(16-5-6)8-13-9(15-14-8)10(12)2-1-3-10/h4-5H,1-3,12H2. The molecule has 0 unspecified atom stereocenters. The van der Waals surface area contributed by atoms with E-state index in [2.05, 4.69) is 26.1 Å². The molecule has 0 amide bonds. The van der Waals surface area contributed by atoms with Crippen molar-refractivity contribution in [2.75, 3.05) is 0 Å². The average molecular weight is 300 g/mol. The predicted molar refractivity (Wildman–Crippen MR) is 65.0 cm³/mol. The maximum Gasteiger partial charge on any atom is 0.247 e. The summed E-state index contributed by atoms with van der Waals surface area (Å²) < 4.78 is 6.27. The van der Waals surface area contributed by atoms with Gasteiger partial charge in [0, 0.05) is 9.85 Å². The molecule has 0 bridgehead atoms. The molecular weight excluding hydrogens is 290 g/mol. The number of halogens is 1. The third-order valence-electron chi connectivity index (χ3n) is 2.89. The molecule has 0 spiro atoms. The van der Waals surface area contributed by atoms with Gasteiger partial charge >= 0.3 is 0 Å². The van der Waals surface area contributed by atoms with Crippen LogP contribution in [-0.2, 0) is 5.54 Å². The number of hydrogen-bond acceptors (Lipinski definition) is 5. The summed E-state index contributed by atoms with van der Waals surface area (Å²) >= 11 is 4.98. The van der Waals surface area contributed by atoms with Gasteiger partial charge in [0.15, 0.2) is 0 Å². The van der Waals surface area contributed by atoms with Gasteiger partial charge in [-0.3, -0.25) is 0 Å². The number of nitrogens with two attached hydrogens (primary N) is 1. The van der Waals surface area contributed by atoms with Crippen molar-refractivity contribution in [3.63, 3.8) is 0 Å². The van der Waals surface area contributed by atoms with E-state index in [1.807, 2.05) is 11.4 Å². The van der Waals surface area contributed by atoms with Crippen LogP contribution in [0.5, 0.6) is 0 Å². The Bertz CT molecular complexity index is 518. The Morgan fingerprint density at radius 2 is 2.31 bits per heavy atom. The molecule has 2 N–H and O–H groups in total. The van der Waals surface area contributed by atoms with Crippen molar-refractivity contribution in [1.82, 2.24) is 10.1 Å². The SMILES string of the molecule is NC1(c2nc(-c3cc(Br)cs3)no2)CCC1. The maximum atomic E-state index is 6.12. The molecule has 0 aliphatic heterocycles. The van der Waals surface area contributed by atoms with E-state index in [1.54, 1.807) is 11.3 Å². The summed E-state index contributed by atoms with van der Waals surface area (Å²) in [6.45, 7) is 0. The van der Waals surface area contributed by atoms with E-state index >= 15 is 0 Å². The molecule has 0 aromatic carbocycles. The van der Waals surface area contributed by atoms with Crippen molar-refractivity contribution >= 4 is 27.3 Å². The van der Waals surface area contributed by atoms with E-state index in [0.717, 1.165) is 28.6 Å². The Hall–Kier alpha value is -0.720. The highest BCUT2D eigenvalue weighted by Gasteiger charge is 2.40. The van der Waals surface area contributed by atoms with Gasteiger partial charge in [-0.05, 0) is 41.3 Å². The largest absolute Gasteiger partial charge is 0.337 e. The number of thiophene rings is 1. The topological polar surface area (TPSA) is 64.9 Å². The molecule has 4 nitrogen and oxygen atoms in total. The van der Waals surface area contributed by atoms with Gasteiger partial charge in [-0.1, -0.05) is 5.16 Å². The minimum atomic E-state index is -0.375. The van der Waals surface area contributed by atoms with E-state index in [4.69, 9.17) is 10.3 Å². The minimum absolute atomic E-state index is 0.375. The molecule has 84 valence electrons. The van der Waals surface area contributed by atoms with E-state index < -0.39 is 0 Å². The lowest BCUT2D eigenvalue weighted by Gasteiger charge is -2.33. The van der Waals surface area contributed by atoms with Crippen LogP contribution in [-0.4, -0.2) is 10.1 Å². The molecule has 2 aromatic rings. The molecule has 0 radical (unpaired) electrons. The molecule has 3 rings (SSSR count). The Morgan fingerprint density at radius 1 is 1.50 bits per heavy atom. The molecule has 1 saturated carbocycles. The highest BCUT2D eigenvalue weighted by molar-refractivity contribution is 9.10. The molecule has 1 aliphatic rings. The van der Waals surface area contributed by atoms with Gasteiger partial charge in [0.05, 0.1) is 10.4 Å². The van der Waals surface area contributed by atoms with E-state index in [1.165, 1.54) is 0 Å². The lowest BCUT2D eigenvalue weighted by molar-refractivity contribution is 0.181. The fourth-order valence-corrected chi connectivity index (χ4v) is 3.08. The third-order valence-corrected chi connectivity index (χ3v) is 4.57. The van der Waals surface area contributed by atoms with Crippen LogP contribution in [0.3, 0.4) is 0 Å². The first-order chi connectivity index (χ1) is 7.67. The molecule has 0 atom stereocenters. The summed E-state index contributed by atoms with van der Waals surface area (Å²) in [5, 5.41) is 5.96. The molecule has 0 saturated heterocycles. The van der Waals surface area contributed by atoms with Crippen LogP contribution in [0.1, 0.15) is 25.2 Å². The number of rotatable bonds is 2. The Kier molecular flexibility index (Phi) is 2.38. The van der Waals surface area contributed by atoms with E-state index in [0.29, 0.717) is 11.7 Å². The quantitative estimate of drug-likeness (QED) is 0.926. The highest BCUT2D eigenvalue weighted by atomic mass is 79.9. The molecule has 1 fully saturated rings. The van der Waals surface area contributed by atoms with Gasteiger partial charge in [0.25, 0.3) is 0 Å². The van der Waals surface area contributed by atoms with Crippen LogP contribution in [0.25, 0.3) is 10.7 Å². The third kappa shape index (κ3) is 1.61. The van der Waals surface area contributed by atoms with Crippen LogP contribution in [0.4, 0.5) is 0 Å². The minimum Gasteiger partial charge on any atom is -0.337 e. The maximum absolute atomic E-state index is 6.12. The summed E-state index contributed by atoms with van der Waals surface area (Å²) in [7, 11) is 0. The first kappa shape index (κ1) is 10.4. The summed E-state index contributed by atoms with van der Waals surface area (Å²) in [5.41, 5.74) is 5.74. The normalized spacial score (nSPS) is 18.4. The van der Waals surface area contributed by atoms with Crippen molar-refractivity contribution in [3.05, 3.63) is 21.8 Å². The summed E-state index contributed by atoms with van der Waals surface area (Å²) in [5.74, 6) is 1.20. The summed E-state index contributed by atoms with van der Waals surface area (Å²) in [6.07, 6.45) is 3.00. The smallest absolute Gasteiger partial charge is 0.247 e. The van der Waals surface area contributed by atoms with Crippen LogP contribution in [0.2, 0.25) is 0 Å². The zero-order valence-electron chi connectivity index (χ0n) is 8.44. The fourth-order valence-electron chi connectivity index (χ4n) is 1.73. The van der Waals surface area contributed by atoms with Crippen LogP contribution >= 0.6 is 27.3 Å². The first-order valence-corrected chi connectivity index (χ1v) is 6.72. The monoisotopic (exact) mass is 299 g/mol. The molecule has 16 heavy (non-hydrogen) atoms. The Balaban J connectivity index is 1.93. The molecular formula is C10H10BrN3OS. The molecule has 2 heterocycles. The molecule has 2 aromatic heterocycles. The van der Waals surface area contributed by atoms with Crippen LogP contribution in [0.15, 0.2) is 20.4 Å². The zero-order valence-corrected chi connectivity index (χ0v) is 10.8. The van der Waals surface area contributed by atoms with Gasteiger partial charge in [-0.2, -0.15) is 4.98 Å². The Labute approximate surface area is 105 Å². The second-order valence-corrected chi connectivity index (χ2v) is 5.89. The number of nitrogens with zero attached hydrogens (tertiary/aromatic N) is 2. The first-order valence-electron chi connectivity index (χ1n) is 5.05. The number of aromatic nitrogens is 2. The lowest BCUT2D eigenvalue weighted by atomic mass is 9.78. The van der Waals surface area contributed by atoms with Gasteiger partial charge in [-0.15, -0.1) is 11.3 Å². The van der Waals surface area contributed by atoms with Crippen molar-refractivity contribution in [2.45, 2.75) is 24.8 Å². The number of hydrogen-bond donors (Lipinski definition) is 1. The fraction of sp³-hybridized carbons (Fsp3) is 0.400. The van der Waals surface area contributed by atoms with E-state index in [-0.39, 0.29) is 5.54 Å². The summed E-state index contributed by atoms with van der Waals surface area (Å²) in [4.78, 5) is 5.36. The zero-order chi connectivity index (χ0) is 11.2. The van der Waals surface area contributed by atoms with Gasteiger partial charge in [0.1, 0.15) is 0 Å². The van der Waals surface area contributed by atoms with E-state index in [9.17, 15) is 0 Å². The van der Waals surface area contributed by atoms with Gasteiger partial charge in [-0.25, -0.2) is 0 Å². The Morgan fingerprint density at radius 3 is 2.88 bits per heavy atom. The van der Waals surface area contributed by atoms with Gasteiger partial charge < -0.3 is 10.3 Å². The van der Waals surface area contributed by atoms with Crippen molar-refractivity contribution in [1.29, 1.82) is 0 Å². The predicted octanol–water partition coefficient (Wildman–Crippen LogP) is 2.90. The molecule has 1 aliphatic carbocycles. The van der Waals surface area contributed by atoms with Gasteiger partial charge in [0.2, 0.25) is 11.7 Å². The second-order valence-electron chi connectivity index (χ2n) is 4.06. The summed E-state index contributed by atoms with van der Waals surface area (Å²) in [6, 6.07) is 1.98. The van der Waals surface area contributed by atoms with Crippen LogP contribution < -0.4 is 5.73 Å². The second kappa shape index (κ2) is 3.65. The van der Waals surface area contributed by atoms with Crippen LogP contribution in [0, 0.1) is 0 Å². The molecule has 6 heteroatoms. The highest BCUT2D eigenvalue weighted by Crippen LogP contribution is 2.38. The lowest BCUT2D eigenvalue weighted by Crippen LogP contribution is -2.43.